The third-order valence-electron chi connectivity index (χ3n) is 3.05. The predicted octanol–water partition coefficient (Wildman–Crippen LogP) is 4.57. The summed E-state index contributed by atoms with van der Waals surface area (Å²) in [5, 5.41) is 2.94. The van der Waals surface area contributed by atoms with Gasteiger partial charge in [0.2, 0.25) is 5.91 Å². The van der Waals surface area contributed by atoms with Gasteiger partial charge < -0.3 is 5.32 Å². The maximum atomic E-state index is 11.7. The Morgan fingerprint density at radius 3 is 2.22 bits per heavy atom. The summed E-state index contributed by atoms with van der Waals surface area (Å²) in [6, 6.07) is 8.12. The number of nitrogens with one attached hydrogen (secondary N) is 1. The minimum atomic E-state index is 0.118. The van der Waals surface area contributed by atoms with Gasteiger partial charge in [-0.2, -0.15) is 0 Å². The first-order valence-corrected chi connectivity index (χ1v) is 6.89. The van der Waals surface area contributed by atoms with E-state index in [1.165, 1.54) is 5.56 Å². The predicted molar refractivity (Wildman–Crippen MR) is 77.8 cm³/mol. The van der Waals surface area contributed by atoms with Crippen LogP contribution in [-0.4, -0.2) is 5.91 Å². The van der Waals surface area contributed by atoms with Gasteiger partial charge >= 0.3 is 0 Å². The number of hydrogen-bond donors (Lipinski definition) is 1. The van der Waals surface area contributed by atoms with Crippen LogP contribution in [0, 0.1) is 5.92 Å². The highest BCUT2D eigenvalue weighted by Gasteiger charge is 2.04. The van der Waals surface area contributed by atoms with E-state index in [2.05, 4.69) is 45.1 Å². The number of carbonyl (C=O) groups excluding carboxylic acids is 1. The topological polar surface area (TPSA) is 29.1 Å². The Balaban J connectivity index is 2.40. The molecule has 0 heterocycles. The van der Waals surface area contributed by atoms with Crippen LogP contribution in [-0.2, 0) is 4.79 Å². The highest BCUT2D eigenvalue weighted by Crippen LogP contribution is 2.17. The SMILES string of the molecule is CC(C)CCCC(=O)Nc1ccc(C(C)C)cc1. The Hall–Kier alpha value is -1.31. The lowest BCUT2D eigenvalue weighted by molar-refractivity contribution is -0.116. The summed E-state index contributed by atoms with van der Waals surface area (Å²) in [4.78, 5) is 11.7. The second-order valence-corrected chi connectivity index (χ2v) is 5.61. The highest BCUT2D eigenvalue weighted by atomic mass is 16.1. The van der Waals surface area contributed by atoms with Crippen molar-refractivity contribution in [3.63, 3.8) is 0 Å². The van der Waals surface area contributed by atoms with Gasteiger partial charge in [0.25, 0.3) is 0 Å². The molecule has 1 N–H and O–H groups in total. The van der Waals surface area contributed by atoms with Gasteiger partial charge in [-0.3, -0.25) is 4.79 Å². The molecule has 0 radical (unpaired) electrons. The second-order valence-electron chi connectivity index (χ2n) is 5.61. The van der Waals surface area contributed by atoms with Crippen molar-refractivity contribution in [2.45, 2.75) is 52.9 Å². The molecule has 0 fully saturated rings. The Labute approximate surface area is 111 Å². The summed E-state index contributed by atoms with van der Waals surface area (Å²) in [7, 11) is 0. The fourth-order valence-electron chi connectivity index (χ4n) is 1.85. The molecular formula is C16H25NO. The van der Waals surface area contributed by atoms with Gasteiger partial charge in [-0.1, -0.05) is 46.2 Å². The quantitative estimate of drug-likeness (QED) is 0.783. The normalized spacial score (nSPS) is 11.0. The fourth-order valence-corrected chi connectivity index (χ4v) is 1.85. The van der Waals surface area contributed by atoms with Gasteiger partial charge in [-0.05, 0) is 36.0 Å². The van der Waals surface area contributed by atoms with E-state index in [0.717, 1.165) is 18.5 Å². The Kier molecular flexibility index (Phi) is 5.90. The fraction of sp³-hybridized carbons (Fsp3) is 0.562. The lowest BCUT2D eigenvalue weighted by Crippen LogP contribution is -2.11. The first-order valence-electron chi connectivity index (χ1n) is 6.89. The summed E-state index contributed by atoms with van der Waals surface area (Å²) in [5.74, 6) is 1.32. The molecule has 0 atom stereocenters. The van der Waals surface area contributed by atoms with Crippen LogP contribution in [0.15, 0.2) is 24.3 Å². The number of anilines is 1. The molecule has 2 nitrogen and oxygen atoms in total. The van der Waals surface area contributed by atoms with E-state index in [4.69, 9.17) is 0 Å². The number of rotatable bonds is 6. The van der Waals surface area contributed by atoms with Crippen LogP contribution in [0.3, 0.4) is 0 Å². The molecule has 0 aliphatic heterocycles. The third-order valence-corrected chi connectivity index (χ3v) is 3.05. The van der Waals surface area contributed by atoms with E-state index in [-0.39, 0.29) is 5.91 Å². The molecule has 0 aliphatic carbocycles. The van der Waals surface area contributed by atoms with Crippen LogP contribution in [0.25, 0.3) is 0 Å². The molecule has 1 rings (SSSR count). The maximum absolute atomic E-state index is 11.7. The number of carbonyl (C=O) groups is 1. The van der Waals surface area contributed by atoms with Crippen molar-refractivity contribution in [3.8, 4) is 0 Å². The molecule has 1 aromatic carbocycles. The van der Waals surface area contributed by atoms with Gasteiger partial charge in [0.05, 0.1) is 0 Å². The molecule has 0 unspecified atom stereocenters. The van der Waals surface area contributed by atoms with Gasteiger partial charge in [0.1, 0.15) is 0 Å². The molecule has 0 aliphatic rings. The van der Waals surface area contributed by atoms with E-state index >= 15 is 0 Å². The number of hydrogen-bond acceptors (Lipinski definition) is 1. The third kappa shape index (κ3) is 5.35. The average molecular weight is 247 g/mol. The van der Waals surface area contributed by atoms with E-state index in [1.807, 2.05) is 12.1 Å². The van der Waals surface area contributed by atoms with E-state index in [1.54, 1.807) is 0 Å². The maximum Gasteiger partial charge on any atom is 0.224 e. The molecule has 1 aromatic rings. The van der Waals surface area contributed by atoms with Crippen LogP contribution in [0.5, 0.6) is 0 Å². The van der Waals surface area contributed by atoms with Crippen LogP contribution < -0.4 is 5.32 Å². The van der Waals surface area contributed by atoms with Crippen LogP contribution in [0.2, 0.25) is 0 Å². The minimum Gasteiger partial charge on any atom is -0.326 e. The van der Waals surface area contributed by atoms with E-state index < -0.39 is 0 Å². The van der Waals surface area contributed by atoms with Crippen molar-refractivity contribution in [1.82, 2.24) is 0 Å². The Morgan fingerprint density at radius 1 is 1.11 bits per heavy atom. The van der Waals surface area contributed by atoms with Crippen molar-refractivity contribution in [3.05, 3.63) is 29.8 Å². The molecule has 2 heteroatoms. The molecule has 100 valence electrons. The molecule has 0 bridgehead atoms. The van der Waals surface area contributed by atoms with Crippen molar-refractivity contribution in [2.24, 2.45) is 5.92 Å². The zero-order valence-electron chi connectivity index (χ0n) is 12.0. The molecule has 1 amide bonds. The largest absolute Gasteiger partial charge is 0.326 e. The van der Waals surface area contributed by atoms with Crippen LogP contribution >= 0.6 is 0 Å². The van der Waals surface area contributed by atoms with Gasteiger partial charge in [0.15, 0.2) is 0 Å². The summed E-state index contributed by atoms with van der Waals surface area (Å²) < 4.78 is 0. The van der Waals surface area contributed by atoms with Gasteiger partial charge in [-0.15, -0.1) is 0 Å². The number of amides is 1. The number of benzene rings is 1. The average Bonchev–Trinajstić information content (AvgIpc) is 2.29. The lowest BCUT2D eigenvalue weighted by Gasteiger charge is -2.09. The standard InChI is InChI=1S/C16H25NO/c1-12(2)6-5-7-16(18)17-15-10-8-14(9-11-15)13(3)4/h8-13H,5-7H2,1-4H3,(H,17,18). The van der Waals surface area contributed by atoms with Crippen LogP contribution in [0.1, 0.15) is 58.4 Å². The summed E-state index contributed by atoms with van der Waals surface area (Å²) >= 11 is 0. The van der Waals surface area contributed by atoms with Crippen molar-refractivity contribution >= 4 is 11.6 Å². The minimum absolute atomic E-state index is 0.118. The van der Waals surface area contributed by atoms with Crippen LogP contribution in [0.4, 0.5) is 5.69 Å². The Morgan fingerprint density at radius 2 is 1.72 bits per heavy atom. The summed E-state index contributed by atoms with van der Waals surface area (Å²) in [6.07, 6.45) is 2.69. The molecule has 0 aromatic heterocycles. The lowest BCUT2D eigenvalue weighted by atomic mass is 10.0. The van der Waals surface area contributed by atoms with E-state index in [0.29, 0.717) is 18.3 Å². The Bertz CT molecular complexity index is 365. The highest BCUT2D eigenvalue weighted by molar-refractivity contribution is 5.90. The van der Waals surface area contributed by atoms with Gasteiger partial charge in [0, 0.05) is 12.1 Å². The van der Waals surface area contributed by atoms with Crippen molar-refractivity contribution < 1.29 is 4.79 Å². The van der Waals surface area contributed by atoms with Crippen molar-refractivity contribution in [2.75, 3.05) is 5.32 Å². The monoisotopic (exact) mass is 247 g/mol. The first kappa shape index (κ1) is 14.7. The smallest absolute Gasteiger partial charge is 0.224 e. The van der Waals surface area contributed by atoms with Gasteiger partial charge in [-0.25, -0.2) is 0 Å². The molecular weight excluding hydrogens is 222 g/mol. The zero-order valence-corrected chi connectivity index (χ0v) is 12.0. The summed E-state index contributed by atoms with van der Waals surface area (Å²) in [6.45, 7) is 8.70. The van der Waals surface area contributed by atoms with Crippen molar-refractivity contribution in [1.29, 1.82) is 0 Å². The first-order chi connectivity index (χ1) is 8.49. The molecule has 18 heavy (non-hydrogen) atoms. The second kappa shape index (κ2) is 7.20. The zero-order chi connectivity index (χ0) is 13.5. The summed E-state index contributed by atoms with van der Waals surface area (Å²) in [5.41, 5.74) is 2.20. The molecule has 0 saturated carbocycles. The molecule has 0 spiro atoms. The molecule has 0 saturated heterocycles. The van der Waals surface area contributed by atoms with E-state index in [9.17, 15) is 4.79 Å².